The van der Waals surface area contributed by atoms with Crippen molar-refractivity contribution in [1.29, 1.82) is 0 Å². The van der Waals surface area contributed by atoms with Crippen molar-refractivity contribution in [3.8, 4) is 11.3 Å². The Hall–Kier alpha value is -3.01. The molecule has 1 aromatic heterocycles. The molecule has 3 aromatic rings. The van der Waals surface area contributed by atoms with Crippen LogP contribution in [0, 0.1) is 6.92 Å². The summed E-state index contributed by atoms with van der Waals surface area (Å²) in [5.74, 6) is -0.167. The molecule has 0 fully saturated rings. The van der Waals surface area contributed by atoms with Gasteiger partial charge in [0, 0.05) is 31.0 Å². The van der Waals surface area contributed by atoms with Gasteiger partial charge in [0.05, 0.1) is 12.4 Å². The molecule has 0 bridgehead atoms. The number of anilines is 1. The van der Waals surface area contributed by atoms with Crippen molar-refractivity contribution in [2.75, 3.05) is 25.6 Å². The van der Waals surface area contributed by atoms with Gasteiger partial charge in [0.2, 0.25) is 10.0 Å². The van der Waals surface area contributed by atoms with E-state index >= 15 is 0 Å². The summed E-state index contributed by atoms with van der Waals surface area (Å²) in [4.78, 5) is 12.5. The van der Waals surface area contributed by atoms with Crippen molar-refractivity contribution >= 4 is 21.6 Å². The molecular weight excluding hydrogens is 406 g/mol. The summed E-state index contributed by atoms with van der Waals surface area (Å²) < 4.78 is 36.8. The highest BCUT2D eigenvalue weighted by molar-refractivity contribution is 7.88. The van der Waals surface area contributed by atoms with Crippen molar-refractivity contribution in [2.45, 2.75) is 12.7 Å². The first-order valence-corrected chi connectivity index (χ1v) is 10.9. The molecule has 0 aliphatic rings. The maximum Gasteiger partial charge on any atom is 0.277 e. The standard InChI is InChI=1S/C21H23N3O5S/c1-15-6-8-17(9-7-15)20-13-19(24-29-20)21(25)23-18-5-3-4-16(12-18)14-30(26,27)22-10-11-28-2/h3-9,12-13,22H,10-11,14H2,1-2H3,(H,23,25). The minimum Gasteiger partial charge on any atom is -0.383 e. The maximum atomic E-state index is 12.5. The van der Waals surface area contributed by atoms with Crippen LogP contribution in [0.2, 0.25) is 0 Å². The maximum absolute atomic E-state index is 12.5. The molecule has 1 amide bonds. The van der Waals surface area contributed by atoms with Crippen LogP contribution in [-0.2, 0) is 20.5 Å². The van der Waals surface area contributed by atoms with Crippen LogP contribution in [-0.4, -0.2) is 39.7 Å². The number of aryl methyl sites for hydroxylation is 1. The molecule has 0 aliphatic heterocycles. The summed E-state index contributed by atoms with van der Waals surface area (Å²) in [5.41, 5.74) is 3.07. The third-order valence-corrected chi connectivity index (χ3v) is 5.61. The Labute approximate surface area is 175 Å². The van der Waals surface area contributed by atoms with Gasteiger partial charge in [-0.15, -0.1) is 0 Å². The van der Waals surface area contributed by atoms with Gasteiger partial charge in [0.25, 0.3) is 5.91 Å². The number of hydrogen-bond acceptors (Lipinski definition) is 6. The highest BCUT2D eigenvalue weighted by Crippen LogP contribution is 2.21. The zero-order valence-electron chi connectivity index (χ0n) is 16.7. The lowest BCUT2D eigenvalue weighted by Crippen LogP contribution is -2.28. The van der Waals surface area contributed by atoms with Gasteiger partial charge in [-0.3, -0.25) is 4.79 Å². The molecule has 9 heteroatoms. The van der Waals surface area contributed by atoms with Crippen LogP contribution < -0.4 is 10.0 Å². The molecule has 0 saturated heterocycles. The van der Waals surface area contributed by atoms with Crippen LogP contribution in [0.15, 0.2) is 59.1 Å². The molecular formula is C21H23N3O5S. The summed E-state index contributed by atoms with van der Waals surface area (Å²) >= 11 is 0. The number of carbonyl (C=O) groups is 1. The number of amides is 1. The number of nitrogens with one attached hydrogen (secondary N) is 2. The van der Waals surface area contributed by atoms with E-state index in [0.29, 0.717) is 17.0 Å². The summed E-state index contributed by atoms with van der Waals surface area (Å²) in [6.07, 6.45) is 0. The number of rotatable bonds is 9. The SMILES string of the molecule is COCCNS(=O)(=O)Cc1cccc(NC(=O)c2cc(-c3ccc(C)cc3)on2)c1. The largest absolute Gasteiger partial charge is 0.383 e. The second-order valence-electron chi connectivity index (χ2n) is 6.74. The van der Waals surface area contributed by atoms with Gasteiger partial charge in [-0.1, -0.05) is 47.1 Å². The van der Waals surface area contributed by atoms with E-state index in [-0.39, 0.29) is 24.6 Å². The van der Waals surface area contributed by atoms with E-state index in [4.69, 9.17) is 9.26 Å². The summed E-state index contributed by atoms with van der Waals surface area (Å²) in [5, 5.41) is 6.54. The Morgan fingerprint density at radius 1 is 1.13 bits per heavy atom. The molecule has 0 atom stereocenters. The smallest absolute Gasteiger partial charge is 0.277 e. The highest BCUT2D eigenvalue weighted by Gasteiger charge is 2.15. The lowest BCUT2D eigenvalue weighted by atomic mass is 10.1. The number of benzene rings is 2. The van der Waals surface area contributed by atoms with E-state index in [1.807, 2.05) is 31.2 Å². The molecule has 2 N–H and O–H groups in total. The first-order valence-electron chi connectivity index (χ1n) is 9.26. The Morgan fingerprint density at radius 2 is 1.90 bits per heavy atom. The Balaban J connectivity index is 1.66. The predicted molar refractivity (Wildman–Crippen MR) is 114 cm³/mol. The number of sulfonamides is 1. The molecule has 3 rings (SSSR count). The van der Waals surface area contributed by atoms with Gasteiger partial charge >= 0.3 is 0 Å². The van der Waals surface area contributed by atoms with Crippen molar-refractivity contribution in [1.82, 2.24) is 9.88 Å². The van der Waals surface area contributed by atoms with Crippen LogP contribution in [0.4, 0.5) is 5.69 Å². The van der Waals surface area contributed by atoms with Crippen molar-refractivity contribution in [3.63, 3.8) is 0 Å². The quantitative estimate of drug-likeness (QED) is 0.506. The van der Waals surface area contributed by atoms with E-state index in [9.17, 15) is 13.2 Å². The van der Waals surface area contributed by atoms with Gasteiger partial charge < -0.3 is 14.6 Å². The van der Waals surface area contributed by atoms with Crippen LogP contribution in [0.25, 0.3) is 11.3 Å². The first kappa shape index (κ1) is 21.7. The highest BCUT2D eigenvalue weighted by atomic mass is 32.2. The topological polar surface area (TPSA) is 111 Å². The summed E-state index contributed by atoms with van der Waals surface area (Å²) in [6, 6.07) is 15.9. The van der Waals surface area contributed by atoms with Crippen molar-refractivity contribution in [3.05, 3.63) is 71.4 Å². The minimum absolute atomic E-state index is 0.129. The Morgan fingerprint density at radius 3 is 2.63 bits per heavy atom. The minimum atomic E-state index is -3.50. The third kappa shape index (κ3) is 5.99. The van der Waals surface area contributed by atoms with E-state index in [2.05, 4.69) is 15.2 Å². The number of carbonyl (C=O) groups excluding carboxylic acids is 1. The number of ether oxygens (including phenoxy) is 1. The molecule has 8 nitrogen and oxygen atoms in total. The average molecular weight is 429 g/mol. The van der Waals surface area contributed by atoms with E-state index < -0.39 is 15.9 Å². The van der Waals surface area contributed by atoms with Gasteiger partial charge in [-0.2, -0.15) is 0 Å². The second kappa shape index (κ2) is 9.66. The van der Waals surface area contributed by atoms with Gasteiger partial charge in [-0.05, 0) is 24.6 Å². The van der Waals surface area contributed by atoms with E-state index in [1.54, 1.807) is 30.3 Å². The number of hydrogen-bond donors (Lipinski definition) is 2. The Bertz CT molecular complexity index is 1110. The lowest BCUT2D eigenvalue weighted by molar-refractivity contribution is 0.101. The molecule has 1 heterocycles. The third-order valence-electron chi connectivity index (χ3n) is 4.25. The zero-order chi connectivity index (χ0) is 21.6. The first-order chi connectivity index (χ1) is 14.4. The van der Waals surface area contributed by atoms with Gasteiger partial charge in [0.15, 0.2) is 11.5 Å². The molecule has 0 spiro atoms. The molecule has 0 aliphatic carbocycles. The average Bonchev–Trinajstić information content (AvgIpc) is 3.19. The molecule has 0 radical (unpaired) electrons. The predicted octanol–water partition coefficient (Wildman–Crippen LogP) is 2.97. The fourth-order valence-corrected chi connectivity index (χ4v) is 3.85. The van der Waals surface area contributed by atoms with Crippen LogP contribution >= 0.6 is 0 Å². The lowest BCUT2D eigenvalue weighted by Gasteiger charge is -2.08. The fourth-order valence-electron chi connectivity index (χ4n) is 2.74. The number of nitrogens with zero attached hydrogens (tertiary/aromatic N) is 1. The molecule has 0 unspecified atom stereocenters. The van der Waals surface area contributed by atoms with Gasteiger partial charge in [-0.25, -0.2) is 13.1 Å². The van der Waals surface area contributed by atoms with Crippen LogP contribution in [0.1, 0.15) is 21.6 Å². The molecule has 158 valence electrons. The number of aromatic nitrogens is 1. The molecule has 0 saturated carbocycles. The van der Waals surface area contributed by atoms with E-state index in [0.717, 1.165) is 11.1 Å². The Kier molecular flexibility index (Phi) is 6.99. The number of methoxy groups -OCH3 is 1. The van der Waals surface area contributed by atoms with Crippen LogP contribution in [0.5, 0.6) is 0 Å². The normalized spacial score (nSPS) is 11.4. The van der Waals surface area contributed by atoms with Crippen molar-refractivity contribution in [2.24, 2.45) is 0 Å². The second-order valence-corrected chi connectivity index (χ2v) is 8.55. The molecule has 2 aromatic carbocycles. The zero-order valence-corrected chi connectivity index (χ0v) is 17.5. The van der Waals surface area contributed by atoms with E-state index in [1.165, 1.54) is 7.11 Å². The fraction of sp³-hybridized carbons (Fsp3) is 0.238. The summed E-state index contributed by atoms with van der Waals surface area (Å²) in [7, 11) is -2.01. The summed E-state index contributed by atoms with van der Waals surface area (Å²) in [6.45, 7) is 2.47. The van der Waals surface area contributed by atoms with Crippen LogP contribution in [0.3, 0.4) is 0 Å². The van der Waals surface area contributed by atoms with Gasteiger partial charge in [0.1, 0.15) is 0 Å². The van der Waals surface area contributed by atoms with Crippen molar-refractivity contribution < 1.29 is 22.5 Å². The molecule has 30 heavy (non-hydrogen) atoms. The monoisotopic (exact) mass is 429 g/mol.